The lowest BCUT2D eigenvalue weighted by Crippen LogP contribution is -2.41. The van der Waals surface area contributed by atoms with Crippen molar-refractivity contribution >= 4 is 23.2 Å². The van der Waals surface area contributed by atoms with E-state index in [0.717, 1.165) is 5.75 Å². The van der Waals surface area contributed by atoms with Gasteiger partial charge in [0.05, 0.1) is 6.04 Å². The van der Waals surface area contributed by atoms with Crippen molar-refractivity contribution in [2.24, 2.45) is 0 Å². The molecule has 23 heavy (non-hydrogen) atoms. The highest BCUT2D eigenvalue weighted by atomic mass is 35.5. The van der Waals surface area contributed by atoms with Gasteiger partial charge in [0.15, 0.2) is 0 Å². The Hall–Kier alpha value is -2.04. The molecule has 0 heterocycles. The maximum Gasteiger partial charge on any atom is 0.241 e. The Labute approximate surface area is 142 Å². The average Bonchev–Trinajstić information content (AvgIpc) is 2.55. The Kier molecular flexibility index (Phi) is 6.44. The standard InChI is InChI=1S/C18H21ClN2O2/c1-14(18(22)20-16-8-6-7-15(19)13-16)21(2)11-12-23-17-9-4-3-5-10-17/h3-10,13-14H,11-12H2,1-2H3,(H,20,22). The smallest absolute Gasteiger partial charge is 0.241 e. The average molecular weight is 333 g/mol. The molecule has 1 atom stereocenters. The minimum Gasteiger partial charge on any atom is -0.492 e. The van der Waals surface area contributed by atoms with Gasteiger partial charge < -0.3 is 10.1 Å². The Bertz CT molecular complexity index is 634. The summed E-state index contributed by atoms with van der Waals surface area (Å²) in [6, 6.07) is 16.5. The molecule has 0 saturated heterocycles. The maximum absolute atomic E-state index is 12.3. The number of para-hydroxylation sites is 1. The Morgan fingerprint density at radius 2 is 1.96 bits per heavy atom. The van der Waals surface area contributed by atoms with E-state index in [-0.39, 0.29) is 11.9 Å². The summed E-state index contributed by atoms with van der Waals surface area (Å²) in [7, 11) is 1.90. The van der Waals surface area contributed by atoms with Crippen LogP contribution in [0.25, 0.3) is 0 Å². The van der Waals surface area contributed by atoms with E-state index >= 15 is 0 Å². The van der Waals surface area contributed by atoms with Gasteiger partial charge in [0.1, 0.15) is 12.4 Å². The predicted octanol–water partition coefficient (Wildman–Crippen LogP) is 3.68. The van der Waals surface area contributed by atoms with Crippen molar-refractivity contribution in [1.29, 1.82) is 0 Å². The van der Waals surface area contributed by atoms with E-state index in [1.54, 1.807) is 18.2 Å². The number of amides is 1. The van der Waals surface area contributed by atoms with Crippen molar-refractivity contribution in [3.05, 3.63) is 59.6 Å². The number of nitrogens with one attached hydrogen (secondary N) is 1. The van der Waals surface area contributed by atoms with Crippen molar-refractivity contribution in [3.8, 4) is 5.75 Å². The zero-order chi connectivity index (χ0) is 16.7. The molecular weight excluding hydrogens is 312 g/mol. The first-order valence-corrected chi connectivity index (χ1v) is 7.88. The van der Waals surface area contributed by atoms with Crippen LogP contribution in [0.1, 0.15) is 6.92 Å². The van der Waals surface area contributed by atoms with Crippen LogP contribution in [0.4, 0.5) is 5.69 Å². The monoisotopic (exact) mass is 332 g/mol. The summed E-state index contributed by atoms with van der Waals surface area (Å²) in [6.07, 6.45) is 0. The van der Waals surface area contributed by atoms with Crippen LogP contribution in [0.5, 0.6) is 5.75 Å². The van der Waals surface area contributed by atoms with Crippen LogP contribution in [0.2, 0.25) is 5.02 Å². The quantitative estimate of drug-likeness (QED) is 0.841. The molecule has 0 aromatic heterocycles. The molecule has 0 aliphatic carbocycles. The second kappa shape index (κ2) is 8.56. The van der Waals surface area contributed by atoms with Crippen LogP contribution >= 0.6 is 11.6 Å². The molecule has 2 aromatic rings. The molecule has 122 valence electrons. The molecule has 4 nitrogen and oxygen atoms in total. The highest BCUT2D eigenvalue weighted by molar-refractivity contribution is 6.30. The summed E-state index contributed by atoms with van der Waals surface area (Å²) in [5, 5.41) is 3.46. The summed E-state index contributed by atoms with van der Waals surface area (Å²) in [5.41, 5.74) is 0.697. The molecule has 1 N–H and O–H groups in total. The third kappa shape index (κ3) is 5.58. The van der Waals surface area contributed by atoms with E-state index in [0.29, 0.717) is 23.9 Å². The number of carbonyl (C=O) groups is 1. The number of halogens is 1. The molecule has 2 rings (SSSR count). The third-order valence-electron chi connectivity index (χ3n) is 3.59. The molecule has 0 aliphatic rings. The lowest BCUT2D eigenvalue weighted by Gasteiger charge is -2.23. The van der Waals surface area contributed by atoms with Crippen molar-refractivity contribution < 1.29 is 9.53 Å². The highest BCUT2D eigenvalue weighted by Crippen LogP contribution is 2.15. The first kappa shape index (κ1) is 17.3. The highest BCUT2D eigenvalue weighted by Gasteiger charge is 2.18. The van der Waals surface area contributed by atoms with Gasteiger partial charge in [0, 0.05) is 17.3 Å². The van der Waals surface area contributed by atoms with E-state index in [1.165, 1.54) is 0 Å². The van der Waals surface area contributed by atoms with Crippen LogP contribution in [0, 0.1) is 0 Å². The Balaban J connectivity index is 1.79. The van der Waals surface area contributed by atoms with E-state index in [4.69, 9.17) is 16.3 Å². The molecule has 0 radical (unpaired) electrons. The van der Waals surface area contributed by atoms with E-state index in [2.05, 4.69) is 5.32 Å². The SMILES string of the molecule is CC(C(=O)Nc1cccc(Cl)c1)N(C)CCOc1ccccc1. The fourth-order valence-corrected chi connectivity index (χ4v) is 2.22. The summed E-state index contributed by atoms with van der Waals surface area (Å²) >= 11 is 5.92. The zero-order valence-corrected chi connectivity index (χ0v) is 14.1. The van der Waals surface area contributed by atoms with Crippen LogP contribution < -0.4 is 10.1 Å². The molecule has 0 spiro atoms. The number of ether oxygens (including phenoxy) is 1. The van der Waals surface area contributed by atoms with Gasteiger partial charge in [-0.3, -0.25) is 9.69 Å². The van der Waals surface area contributed by atoms with Gasteiger partial charge in [-0.25, -0.2) is 0 Å². The maximum atomic E-state index is 12.3. The van der Waals surface area contributed by atoms with Crippen molar-refractivity contribution in [1.82, 2.24) is 4.90 Å². The number of hydrogen-bond donors (Lipinski definition) is 1. The molecule has 0 aliphatic heterocycles. The molecule has 0 fully saturated rings. The normalized spacial score (nSPS) is 12.0. The molecule has 1 unspecified atom stereocenters. The van der Waals surface area contributed by atoms with Crippen LogP contribution in [0.3, 0.4) is 0 Å². The predicted molar refractivity (Wildman–Crippen MR) is 94.1 cm³/mol. The second-order valence-corrected chi connectivity index (χ2v) is 5.75. The van der Waals surface area contributed by atoms with Crippen molar-refractivity contribution in [2.45, 2.75) is 13.0 Å². The molecule has 5 heteroatoms. The first-order valence-electron chi connectivity index (χ1n) is 7.51. The molecule has 1 amide bonds. The lowest BCUT2D eigenvalue weighted by molar-refractivity contribution is -0.120. The zero-order valence-electron chi connectivity index (χ0n) is 13.3. The van der Waals surface area contributed by atoms with E-state index in [9.17, 15) is 4.79 Å². The number of hydrogen-bond acceptors (Lipinski definition) is 3. The topological polar surface area (TPSA) is 41.6 Å². The largest absolute Gasteiger partial charge is 0.492 e. The molecule has 0 saturated carbocycles. The summed E-state index contributed by atoms with van der Waals surface area (Å²) in [4.78, 5) is 14.2. The van der Waals surface area contributed by atoms with E-state index in [1.807, 2.05) is 55.3 Å². The first-order chi connectivity index (χ1) is 11.1. The van der Waals surface area contributed by atoms with Crippen LogP contribution in [0.15, 0.2) is 54.6 Å². The number of benzene rings is 2. The molecular formula is C18H21ClN2O2. The lowest BCUT2D eigenvalue weighted by atomic mass is 10.2. The Morgan fingerprint density at radius 1 is 1.22 bits per heavy atom. The van der Waals surface area contributed by atoms with Gasteiger partial charge in [-0.2, -0.15) is 0 Å². The van der Waals surface area contributed by atoms with Crippen LogP contribution in [-0.2, 0) is 4.79 Å². The minimum absolute atomic E-state index is 0.0746. The summed E-state index contributed by atoms with van der Waals surface area (Å²) in [6.45, 7) is 3.04. The van der Waals surface area contributed by atoms with Crippen molar-refractivity contribution in [2.75, 3.05) is 25.5 Å². The van der Waals surface area contributed by atoms with Gasteiger partial charge in [-0.05, 0) is 44.3 Å². The van der Waals surface area contributed by atoms with Crippen molar-refractivity contribution in [3.63, 3.8) is 0 Å². The van der Waals surface area contributed by atoms with Gasteiger partial charge in [0.2, 0.25) is 5.91 Å². The van der Waals surface area contributed by atoms with Gasteiger partial charge in [-0.15, -0.1) is 0 Å². The van der Waals surface area contributed by atoms with Gasteiger partial charge in [-0.1, -0.05) is 35.9 Å². The summed E-state index contributed by atoms with van der Waals surface area (Å²) in [5.74, 6) is 0.756. The second-order valence-electron chi connectivity index (χ2n) is 5.32. The third-order valence-corrected chi connectivity index (χ3v) is 3.82. The molecule has 2 aromatic carbocycles. The van der Waals surface area contributed by atoms with E-state index < -0.39 is 0 Å². The fraction of sp³-hybridized carbons (Fsp3) is 0.278. The Morgan fingerprint density at radius 3 is 2.65 bits per heavy atom. The number of likely N-dealkylation sites (N-methyl/N-ethyl adjacent to an activating group) is 1. The number of rotatable bonds is 7. The van der Waals surface area contributed by atoms with Gasteiger partial charge in [0.25, 0.3) is 0 Å². The number of anilines is 1. The number of nitrogens with zero attached hydrogens (tertiary/aromatic N) is 1. The number of carbonyl (C=O) groups excluding carboxylic acids is 1. The van der Waals surface area contributed by atoms with Crippen LogP contribution in [-0.4, -0.2) is 37.0 Å². The fourth-order valence-electron chi connectivity index (χ4n) is 2.03. The summed E-state index contributed by atoms with van der Waals surface area (Å²) < 4.78 is 5.65. The minimum atomic E-state index is -0.270. The van der Waals surface area contributed by atoms with Gasteiger partial charge >= 0.3 is 0 Å². The molecule has 0 bridgehead atoms.